The van der Waals surface area contributed by atoms with Crippen LogP contribution in [-0.2, 0) is 5.41 Å². The molecule has 1 saturated heterocycles. The van der Waals surface area contributed by atoms with Crippen LogP contribution in [0.4, 0.5) is 0 Å². The van der Waals surface area contributed by atoms with E-state index in [1.54, 1.807) is 0 Å². The normalized spacial score (nSPS) is 16.5. The molecule has 0 atom stereocenters. The van der Waals surface area contributed by atoms with Gasteiger partial charge in [0, 0.05) is 58.3 Å². The molecule has 2 rings (SSSR count). The SMILES string of the molecule is CCN1CCN(CCNC(=NC)NCC(CC)(CC)c2ccccc2)CC1.I. The van der Waals surface area contributed by atoms with Gasteiger partial charge in [-0.05, 0) is 24.9 Å². The minimum Gasteiger partial charge on any atom is -0.356 e. The predicted octanol–water partition coefficient (Wildman–Crippen LogP) is 3.16. The fraction of sp³-hybridized carbons (Fsp3) is 0.682. The van der Waals surface area contributed by atoms with Crippen LogP contribution in [0.15, 0.2) is 35.3 Å². The maximum Gasteiger partial charge on any atom is 0.191 e. The highest BCUT2D eigenvalue weighted by Gasteiger charge is 2.28. The molecule has 1 aromatic rings. The molecule has 5 nitrogen and oxygen atoms in total. The third-order valence-electron chi connectivity index (χ3n) is 6.19. The first-order valence-corrected chi connectivity index (χ1v) is 10.6. The number of nitrogens with one attached hydrogen (secondary N) is 2. The Bertz CT molecular complexity index is 551. The van der Waals surface area contributed by atoms with Gasteiger partial charge in [-0.3, -0.25) is 9.89 Å². The van der Waals surface area contributed by atoms with Gasteiger partial charge in [0.1, 0.15) is 0 Å². The average Bonchev–Trinajstić information content (AvgIpc) is 2.74. The first kappa shape index (κ1) is 25.2. The van der Waals surface area contributed by atoms with E-state index in [1.165, 1.54) is 38.3 Å². The van der Waals surface area contributed by atoms with Crippen LogP contribution in [-0.4, -0.2) is 75.2 Å². The summed E-state index contributed by atoms with van der Waals surface area (Å²) in [7, 11) is 1.86. The number of piperazine rings is 1. The quantitative estimate of drug-likeness (QED) is 0.310. The topological polar surface area (TPSA) is 42.9 Å². The summed E-state index contributed by atoms with van der Waals surface area (Å²) in [6, 6.07) is 10.9. The minimum atomic E-state index is 0. The van der Waals surface area contributed by atoms with E-state index in [4.69, 9.17) is 0 Å². The van der Waals surface area contributed by atoms with Gasteiger partial charge in [-0.2, -0.15) is 0 Å². The zero-order valence-electron chi connectivity index (χ0n) is 18.2. The first-order chi connectivity index (χ1) is 13.2. The van der Waals surface area contributed by atoms with Gasteiger partial charge in [0.2, 0.25) is 0 Å². The van der Waals surface area contributed by atoms with E-state index in [1.807, 2.05) is 7.05 Å². The van der Waals surface area contributed by atoms with E-state index < -0.39 is 0 Å². The van der Waals surface area contributed by atoms with Gasteiger partial charge < -0.3 is 15.5 Å². The van der Waals surface area contributed by atoms with Crippen molar-refractivity contribution in [3.05, 3.63) is 35.9 Å². The smallest absolute Gasteiger partial charge is 0.191 e. The maximum absolute atomic E-state index is 4.43. The van der Waals surface area contributed by atoms with Crippen molar-refractivity contribution in [2.45, 2.75) is 39.0 Å². The van der Waals surface area contributed by atoms with Gasteiger partial charge >= 0.3 is 0 Å². The first-order valence-electron chi connectivity index (χ1n) is 10.6. The highest BCUT2D eigenvalue weighted by atomic mass is 127. The van der Waals surface area contributed by atoms with Crippen LogP contribution in [0, 0.1) is 0 Å². The van der Waals surface area contributed by atoms with Crippen molar-refractivity contribution in [2.75, 3.05) is 59.4 Å². The number of nitrogens with zero attached hydrogens (tertiary/aromatic N) is 3. The molecule has 160 valence electrons. The van der Waals surface area contributed by atoms with Crippen molar-refractivity contribution in [3.8, 4) is 0 Å². The number of guanidine groups is 1. The van der Waals surface area contributed by atoms with Crippen molar-refractivity contribution < 1.29 is 0 Å². The number of hydrogen-bond acceptors (Lipinski definition) is 3. The zero-order valence-corrected chi connectivity index (χ0v) is 20.5. The second-order valence-electron chi connectivity index (χ2n) is 7.48. The molecule has 2 N–H and O–H groups in total. The summed E-state index contributed by atoms with van der Waals surface area (Å²) in [5, 5.41) is 7.07. The third-order valence-corrected chi connectivity index (χ3v) is 6.19. The molecule has 0 unspecified atom stereocenters. The van der Waals surface area contributed by atoms with E-state index in [9.17, 15) is 0 Å². The molecule has 28 heavy (non-hydrogen) atoms. The van der Waals surface area contributed by atoms with Gasteiger partial charge in [-0.1, -0.05) is 51.1 Å². The van der Waals surface area contributed by atoms with Gasteiger partial charge in [0.05, 0.1) is 0 Å². The van der Waals surface area contributed by atoms with Crippen LogP contribution in [0.5, 0.6) is 0 Å². The molecule has 1 aromatic carbocycles. The summed E-state index contributed by atoms with van der Waals surface area (Å²) in [4.78, 5) is 9.49. The Kier molecular flexibility index (Phi) is 12.0. The van der Waals surface area contributed by atoms with Crippen molar-refractivity contribution >= 4 is 29.9 Å². The number of aliphatic imine (C=N–C) groups is 1. The molecule has 0 aromatic heterocycles. The van der Waals surface area contributed by atoms with Crippen LogP contribution in [0.1, 0.15) is 39.2 Å². The lowest BCUT2D eigenvalue weighted by atomic mass is 9.76. The molecule has 0 saturated carbocycles. The lowest BCUT2D eigenvalue weighted by molar-refractivity contribution is 0.139. The molecule has 1 fully saturated rings. The largest absolute Gasteiger partial charge is 0.356 e. The lowest BCUT2D eigenvalue weighted by Gasteiger charge is -2.34. The van der Waals surface area contributed by atoms with E-state index in [-0.39, 0.29) is 29.4 Å². The molecule has 1 heterocycles. The lowest BCUT2D eigenvalue weighted by Crippen LogP contribution is -2.50. The van der Waals surface area contributed by atoms with Crippen LogP contribution < -0.4 is 10.6 Å². The summed E-state index contributed by atoms with van der Waals surface area (Å²) in [5.41, 5.74) is 1.56. The van der Waals surface area contributed by atoms with Crippen molar-refractivity contribution in [1.82, 2.24) is 20.4 Å². The maximum atomic E-state index is 4.43. The van der Waals surface area contributed by atoms with E-state index in [2.05, 4.69) is 76.5 Å². The second kappa shape index (κ2) is 13.4. The Morgan fingerprint density at radius 3 is 2.11 bits per heavy atom. The Balaban J connectivity index is 0.00000392. The summed E-state index contributed by atoms with van der Waals surface area (Å²) in [5.74, 6) is 0.907. The fourth-order valence-corrected chi connectivity index (χ4v) is 3.94. The Labute approximate surface area is 189 Å². The molecule has 0 bridgehead atoms. The third kappa shape index (κ3) is 7.19. The molecule has 0 spiro atoms. The molecule has 1 aliphatic rings. The van der Waals surface area contributed by atoms with Crippen LogP contribution >= 0.6 is 24.0 Å². The predicted molar refractivity (Wildman–Crippen MR) is 132 cm³/mol. The summed E-state index contributed by atoms with van der Waals surface area (Å²) in [6.45, 7) is 15.6. The standard InChI is InChI=1S/C22H39N5.HI/c1-5-22(6-2,20-11-9-8-10-12-20)19-25-21(23-4)24-13-14-27-17-15-26(7-3)16-18-27;/h8-12H,5-7,13-19H2,1-4H3,(H2,23,24,25);1H. The Morgan fingerprint density at radius 2 is 1.57 bits per heavy atom. The summed E-state index contributed by atoms with van der Waals surface area (Å²) >= 11 is 0. The monoisotopic (exact) mass is 501 g/mol. The second-order valence-corrected chi connectivity index (χ2v) is 7.48. The Morgan fingerprint density at radius 1 is 0.964 bits per heavy atom. The number of halogens is 1. The van der Waals surface area contributed by atoms with Gasteiger partial charge in [-0.15, -0.1) is 24.0 Å². The van der Waals surface area contributed by atoms with Crippen molar-refractivity contribution in [2.24, 2.45) is 4.99 Å². The average molecular weight is 502 g/mol. The highest BCUT2D eigenvalue weighted by Crippen LogP contribution is 2.30. The van der Waals surface area contributed by atoms with Crippen LogP contribution in [0.25, 0.3) is 0 Å². The van der Waals surface area contributed by atoms with E-state index in [0.717, 1.165) is 38.4 Å². The number of rotatable bonds is 9. The summed E-state index contributed by atoms with van der Waals surface area (Å²) in [6.07, 6.45) is 2.22. The van der Waals surface area contributed by atoms with Gasteiger partial charge in [0.15, 0.2) is 5.96 Å². The van der Waals surface area contributed by atoms with Crippen LogP contribution in [0.3, 0.4) is 0 Å². The zero-order chi connectivity index (χ0) is 19.5. The van der Waals surface area contributed by atoms with Crippen molar-refractivity contribution in [3.63, 3.8) is 0 Å². The van der Waals surface area contributed by atoms with Gasteiger partial charge in [-0.25, -0.2) is 0 Å². The molecule has 0 amide bonds. The van der Waals surface area contributed by atoms with Gasteiger partial charge in [0.25, 0.3) is 0 Å². The fourth-order valence-electron chi connectivity index (χ4n) is 3.94. The molecular weight excluding hydrogens is 461 g/mol. The molecule has 6 heteroatoms. The molecule has 0 radical (unpaired) electrons. The van der Waals surface area contributed by atoms with Crippen molar-refractivity contribution in [1.29, 1.82) is 0 Å². The number of benzene rings is 1. The van der Waals surface area contributed by atoms with Crippen LogP contribution in [0.2, 0.25) is 0 Å². The molecule has 1 aliphatic heterocycles. The minimum absolute atomic E-state index is 0. The molecular formula is C22H40IN5. The summed E-state index contributed by atoms with van der Waals surface area (Å²) < 4.78 is 0. The number of hydrogen-bond donors (Lipinski definition) is 2. The highest BCUT2D eigenvalue weighted by molar-refractivity contribution is 14.0. The van der Waals surface area contributed by atoms with E-state index >= 15 is 0 Å². The Hall–Kier alpha value is -0.860. The molecule has 0 aliphatic carbocycles. The van der Waals surface area contributed by atoms with E-state index in [0.29, 0.717) is 0 Å². The number of likely N-dealkylation sites (N-methyl/N-ethyl adjacent to an activating group) is 1.